The van der Waals surface area contributed by atoms with E-state index in [0.29, 0.717) is 21.5 Å². The van der Waals surface area contributed by atoms with Crippen LogP contribution in [0.2, 0.25) is 4.34 Å². The molecule has 1 aliphatic rings. The minimum atomic E-state index is -0.365. The minimum Gasteiger partial charge on any atom is -0.379 e. The van der Waals surface area contributed by atoms with Crippen molar-refractivity contribution in [2.24, 2.45) is 0 Å². The molecule has 1 aromatic carbocycles. The maximum Gasteiger partial charge on any atom is 0.234 e. The van der Waals surface area contributed by atoms with E-state index >= 15 is 0 Å². The van der Waals surface area contributed by atoms with E-state index in [4.69, 9.17) is 16.3 Å². The summed E-state index contributed by atoms with van der Waals surface area (Å²) >= 11 is 8.76. The van der Waals surface area contributed by atoms with Gasteiger partial charge in [0.25, 0.3) is 0 Å². The number of morpholine rings is 1. The van der Waals surface area contributed by atoms with Crippen LogP contribution in [0.25, 0.3) is 10.2 Å². The SMILES string of the molecule is Cl.O=C(Cc1ccc(Cl)s1)N(CCCN1CCOCC1)c1nc2c(F)cccc2s1. The fraction of sp³-hybridized carbons (Fsp3) is 0.400. The number of carbonyl (C=O) groups excluding carboxylic acids is 1. The first-order valence-corrected chi connectivity index (χ1v) is 11.5. The van der Waals surface area contributed by atoms with Crippen LogP contribution in [0.4, 0.5) is 9.52 Å². The molecule has 1 amide bonds. The van der Waals surface area contributed by atoms with Gasteiger partial charge in [0.1, 0.15) is 11.3 Å². The topological polar surface area (TPSA) is 45.7 Å². The molecule has 3 aromatic rings. The van der Waals surface area contributed by atoms with Gasteiger partial charge in [-0.15, -0.1) is 23.7 Å². The Labute approximate surface area is 193 Å². The summed E-state index contributed by atoms with van der Waals surface area (Å²) in [6.07, 6.45) is 1.07. The molecule has 0 N–H and O–H groups in total. The van der Waals surface area contributed by atoms with Crippen LogP contribution in [0.5, 0.6) is 0 Å². The van der Waals surface area contributed by atoms with Gasteiger partial charge < -0.3 is 4.74 Å². The molecule has 3 heterocycles. The van der Waals surface area contributed by atoms with Gasteiger partial charge in [-0.3, -0.25) is 14.6 Å². The summed E-state index contributed by atoms with van der Waals surface area (Å²) in [5, 5.41) is 0.541. The molecule has 162 valence electrons. The van der Waals surface area contributed by atoms with Gasteiger partial charge in [0.05, 0.1) is 28.7 Å². The van der Waals surface area contributed by atoms with Gasteiger partial charge in [-0.05, 0) is 30.7 Å². The smallest absolute Gasteiger partial charge is 0.234 e. The highest BCUT2D eigenvalue weighted by Crippen LogP contribution is 2.31. The number of anilines is 1. The third kappa shape index (κ3) is 5.69. The predicted octanol–water partition coefficient (Wildman–Crippen LogP) is 4.87. The van der Waals surface area contributed by atoms with Crippen LogP contribution in [0.3, 0.4) is 0 Å². The zero-order chi connectivity index (χ0) is 20.2. The molecular weight excluding hydrogens is 468 g/mol. The highest BCUT2D eigenvalue weighted by molar-refractivity contribution is 7.22. The number of fused-ring (bicyclic) bond motifs is 1. The number of thiazole rings is 1. The molecule has 0 unspecified atom stereocenters. The van der Waals surface area contributed by atoms with Crippen LogP contribution in [0, 0.1) is 5.82 Å². The number of hydrogen-bond donors (Lipinski definition) is 0. The summed E-state index contributed by atoms with van der Waals surface area (Å²) in [5.74, 6) is -0.416. The first kappa shape index (κ1) is 23.4. The van der Waals surface area contributed by atoms with E-state index in [2.05, 4.69) is 9.88 Å². The van der Waals surface area contributed by atoms with Gasteiger partial charge in [0, 0.05) is 31.1 Å². The molecule has 0 saturated carbocycles. The standard InChI is InChI=1S/C20H21ClFN3O2S2.ClH/c21-17-6-5-14(28-17)13-18(26)25(8-2-7-24-9-11-27-12-10-24)20-23-19-15(22)3-1-4-16(19)29-20;/h1,3-6H,2,7-13H2;1H. The van der Waals surface area contributed by atoms with Gasteiger partial charge in [-0.25, -0.2) is 9.37 Å². The van der Waals surface area contributed by atoms with Crippen molar-refractivity contribution in [2.45, 2.75) is 12.8 Å². The number of halogens is 3. The van der Waals surface area contributed by atoms with Crippen molar-refractivity contribution in [2.75, 3.05) is 44.3 Å². The van der Waals surface area contributed by atoms with Crippen LogP contribution in [-0.2, 0) is 16.0 Å². The highest BCUT2D eigenvalue weighted by Gasteiger charge is 2.22. The Morgan fingerprint density at radius 3 is 2.73 bits per heavy atom. The number of hydrogen-bond acceptors (Lipinski definition) is 6. The maximum atomic E-state index is 14.1. The van der Waals surface area contributed by atoms with E-state index in [1.54, 1.807) is 17.0 Å². The monoisotopic (exact) mass is 489 g/mol. The van der Waals surface area contributed by atoms with Gasteiger partial charge in [0.15, 0.2) is 5.13 Å². The van der Waals surface area contributed by atoms with Crippen LogP contribution >= 0.6 is 46.7 Å². The van der Waals surface area contributed by atoms with Gasteiger partial charge in [-0.1, -0.05) is 29.0 Å². The number of aromatic nitrogens is 1. The fourth-order valence-corrected chi connectivity index (χ4v) is 5.42. The van der Waals surface area contributed by atoms with E-state index in [-0.39, 0.29) is 30.6 Å². The number of amides is 1. The van der Waals surface area contributed by atoms with Crippen molar-refractivity contribution in [1.82, 2.24) is 9.88 Å². The lowest BCUT2D eigenvalue weighted by molar-refractivity contribution is -0.118. The molecule has 0 bridgehead atoms. The number of thiophene rings is 1. The van der Waals surface area contributed by atoms with Gasteiger partial charge >= 0.3 is 0 Å². The lowest BCUT2D eigenvalue weighted by atomic mass is 10.3. The van der Waals surface area contributed by atoms with Crippen molar-refractivity contribution in [3.63, 3.8) is 0 Å². The molecule has 1 fully saturated rings. The maximum absolute atomic E-state index is 14.1. The Morgan fingerprint density at radius 1 is 1.23 bits per heavy atom. The van der Waals surface area contributed by atoms with Gasteiger partial charge in [0.2, 0.25) is 5.91 Å². The first-order valence-electron chi connectivity index (χ1n) is 9.50. The van der Waals surface area contributed by atoms with Crippen molar-refractivity contribution < 1.29 is 13.9 Å². The van der Waals surface area contributed by atoms with Crippen LogP contribution in [0.1, 0.15) is 11.3 Å². The molecular formula is C20H22Cl2FN3O2S2. The molecule has 0 aliphatic carbocycles. The van der Waals surface area contributed by atoms with E-state index in [9.17, 15) is 9.18 Å². The third-order valence-corrected chi connectivity index (χ3v) is 7.08. The first-order chi connectivity index (χ1) is 14.1. The molecule has 5 nitrogen and oxygen atoms in total. The largest absolute Gasteiger partial charge is 0.379 e. The average molecular weight is 490 g/mol. The lowest BCUT2D eigenvalue weighted by Crippen LogP contribution is -2.39. The number of carbonyl (C=O) groups is 1. The third-order valence-electron chi connectivity index (χ3n) is 4.80. The van der Waals surface area contributed by atoms with Crippen LogP contribution < -0.4 is 4.90 Å². The summed E-state index contributed by atoms with van der Waals surface area (Å²) in [5.41, 5.74) is 0.317. The van der Waals surface area contributed by atoms with E-state index in [0.717, 1.165) is 48.8 Å². The van der Waals surface area contributed by atoms with Crippen molar-refractivity contribution in [3.8, 4) is 0 Å². The average Bonchev–Trinajstić information content (AvgIpc) is 3.33. The number of nitrogens with zero attached hydrogens (tertiary/aromatic N) is 3. The number of benzene rings is 1. The molecule has 30 heavy (non-hydrogen) atoms. The summed E-state index contributed by atoms with van der Waals surface area (Å²) in [6.45, 7) is 4.74. The summed E-state index contributed by atoms with van der Waals surface area (Å²) < 4.78 is 20.9. The Hall–Kier alpha value is -1.29. The fourth-order valence-electron chi connectivity index (χ4n) is 3.31. The normalized spacial score (nSPS) is 14.6. The Kier molecular flexibility index (Phi) is 8.44. The molecule has 0 radical (unpaired) electrons. The van der Waals surface area contributed by atoms with Crippen LogP contribution in [-0.4, -0.2) is 55.2 Å². The van der Waals surface area contributed by atoms with E-state index in [1.807, 2.05) is 12.1 Å². The second kappa shape index (κ2) is 10.8. The molecule has 1 saturated heterocycles. The zero-order valence-electron chi connectivity index (χ0n) is 16.2. The summed E-state index contributed by atoms with van der Waals surface area (Å²) in [4.78, 5) is 22.5. The van der Waals surface area contributed by atoms with E-state index in [1.165, 1.54) is 28.7 Å². The molecule has 2 aromatic heterocycles. The quantitative estimate of drug-likeness (QED) is 0.474. The van der Waals surface area contributed by atoms with Crippen molar-refractivity contribution >= 4 is 67.9 Å². The number of rotatable bonds is 7. The van der Waals surface area contributed by atoms with Crippen LogP contribution in [0.15, 0.2) is 30.3 Å². The zero-order valence-corrected chi connectivity index (χ0v) is 19.4. The molecule has 0 atom stereocenters. The Bertz CT molecular complexity index is 992. The number of ether oxygens (including phenoxy) is 1. The molecule has 0 spiro atoms. The summed E-state index contributed by atoms with van der Waals surface area (Å²) in [7, 11) is 0. The highest BCUT2D eigenvalue weighted by atomic mass is 35.5. The lowest BCUT2D eigenvalue weighted by Gasteiger charge is -2.27. The van der Waals surface area contributed by atoms with E-state index < -0.39 is 0 Å². The van der Waals surface area contributed by atoms with Crippen molar-refractivity contribution in [3.05, 3.63) is 45.4 Å². The second-order valence-corrected chi connectivity index (χ2v) is 9.63. The second-order valence-electron chi connectivity index (χ2n) is 6.82. The predicted molar refractivity (Wildman–Crippen MR) is 124 cm³/mol. The molecule has 1 aliphatic heterocycles. The Balaban J connectivity index is 0.00000256. The summed E-state index contributed by atoms with van der Waals surface area (Å²) in [6, 6.07) is 8.55. The minimum absolute atomic E-state index is 0. The Morgan fingerprint density at radius 2 is 2.03 bits per heavy atom. The number of para-hydroxylation sites is 1. The van der Waals surface area contributed by atoms with Gasteiger partial charge in [-0.2, -0.15) is 0 Å². The molecule has 4 rings (SSSR count). The van der Waals surface area contributed by atoms with Crippen molar-refractivity contribution in [1.29, 1.82) is 0 Å². The molecule has 10 heteroatoms.